The minimum atomic E-state index is -3.79. The Morgan fingerprint density at radius 2 is 1.67 bits per heavy atom. The van der Waals surface area contributed by atoms with Crippen molar-refractivity contribution < 1.29 is 13.2 Å². The van der Waals surface area contributed by atoms with Gasteiger partial charge in [-0.3, -0.25) is 9.52 Å². The highest BCUT2D eigenvalue weighted by molar-refractivity contribution is 7.92. The number of sulfonamides is 1. The van der Waals surface area contributed by atoms with Crippen molar-refractivity contribution in [1.29, 1.82) is 0 Å². The van der Waals surface area contributed by atoms with E-state index in [1.165, 1.54) is 37.5 Å². The molecule has 6 nitrogen and oxygen atoms in total. The zero-order chi connectivity index (χ0) is 21.6. The smallest absolute Gasteiger partial charge is 0.261 e. The second-order valence-electron chi connectivity index (χ2n) is 7.31. The van der Waals surface area contributed by atoms with E-state index >= 15 is 0 Å². The molecular formula is C21H25Cl2N3O3S. The summed E-state index contributed by atoms with van der Waals surface area (Å²) >= 11 is 11.7. The number of anilines is 1. The molecule has 30 heavy (non-hydrogen) atoms. The van der Waals surface area contributed by atoms with Gasteiger partial charge in [-0.1, -0.05) is 41.8 Å². The van der Waals surface area contributed by atoms with Crippen LogP contribution >= 0.6 is 23.2 Å². The number of piperidine rings is 1. The number of hydrogen-bond donors (Lipinski definition) is 2. The van der Waals surface area contributed by atoms with Crippen molar-refractivity contribution in [3.63, 3.8) is 0 Å². The molecule has 0 unspecified atom stereocenters. The molecule has 0 aromatic heterocycles. The highest BCUT2D eigenvalue weighted by Crippen LogP contribution is 2.26. The first-order valence-electron chi connectivity index (χ1n) is 9.89. The van der Waals surface area contributed by atoms with E-state index in [0.717, 1.165) is 25.2 Å². The second-order valence-corrected chi connectivity index (χ2v) is 9.80. The number of amides is 1. The molecule has 0 aliphatic carbocycles. The number of hydrogen-bond acceptors (Lipinski definition) is 4. The standard InChI is InChI=1S/C21H25Cl2N3O3S/c22-19-9-8-18(15-20(19)23)30(28,29)25-17-6-4-16(5-7-17)14-21(27)24-10-13-26-11-2-1-3-12-26/h4-9,15,25H,1-3,10-14H2,(H,24,27). The Hall–Kier alpha value is -1.80. The molecule has 0 saturated carbocycles. The summed E-state index contributed by atoms with van der Waals surface area (Å²) in [5.41, 5.74) is 1.21. The number of benzene rings is 2. The Labute approximate surface area is 187 Å². The number of nitrogens with one attached hydrogen (secondary N) is 2. The van der Waals surface area contributed by atoms with Crippen LogP contribution < -0.4 is 10.0 Å². The van der Waals surface area contributed by atoms with Crippen LogP contribution in [0.3, 0.4) is 0 Å². The van der Waals surface area contributed by atoms with Crippen molar-refractivity contribution in [1.82, 2.24) is 10.2 Å². The molecule has 1 aliphatic rings. The number of likely N-dealkylation sites (tertiary alicyclic amines) is 1. The van der Waals surface area contributed by atoms with Crippen molar-refractivity contribution in [3.8, 4) is 0 Å². The Balaban J connectivity index is 1.50. The molecule has 0 bridgehead atoms. The molecule has 9 heteroatoms. The largest absolute Gasteiger partial charge is 0.355 e. The average molecular weight is 470 g/mol. The molecule has 1 fully saturated rings. The molecule has 1 saturated heterocycles. The number of rotatable bonds is 8. The fourth-order valence-corrected chi connectivity index (χ4v) is 4.78. The topological polar surface area (TPSA) is 78.5 Å². The summed E-state index contributed by atoms with van der Waals surface area (Å²) in [6, 6.07) is 10.9. The lowest BCUT2D eigenvalue weighted by molar-refractivity contribution is -0.120. The fourth-order valence-electron chi connectivity index (χ4n) is 3.33. The van der Waals surface area contributed by atoms with Crippen LogP contribution in [0.25, 0.3) is 0 Å². The van der Waals surface area contributed by atoms with E-state index < -0.39 is 10.0 Å². The summed E-state index contributed by atoms with van der Waals surface area (Å²) in [6.07, 6.45) is 4.01. The highest BCUT2D eigenvalue weighted by atomic mass is 35.5. The molecule has 2 N–H and O–H groups in total. The molecule has 3 rings (SSSR count). The summed E-state index contributed by atoms with van der Waals surface area (Å²) in [5, 5.41) is 3.40. The highest BCUT2D eigenvalue weighted by Gasteiger charge is 2.16. The quantitative estimate of drug-likeness (QED) is 0.613. The van der Waals surface area contributed by atoms with Gasteiger partial charge in [0.25, 0.3) is 10.0 Å². The van der Waals surface area contributed by atoms with E-state index in [2.05, 4.69) is 14.9 Å². The summed E-state index contributed by atoms with van der Waals surface area (Å²) in [6.45, 7) is 3.73. The van der Waals surface area contributed by atoms with Crippen LogP contribution in [0.1, 0.15) is 24.8 Å². The molecule has 1 aliphatic heterocycles. The maximum atomic E-state index is 12.5. The Morgan fingerprint density at radius 1 is 0.967 bits per heavy atom. The Bertz CT molecular complexity index is 975. The van der Waals surface area contributed by atoms with Gasteiger partial charge in [-0.15, -0.1) is 0 Å². The van der Waals surface area contributed by atoms with Gasteiger partial charge in [-0.25, -0.2) is 8.42 Å². The molecular weight excluding hydrogens is 445 g/mol. The van der Waals surface area contributed by atoms with Gasteiger partial charge in [0, 0.05) is 18.8 Å². The van der Waals surface area contributed by atoms with Crippen molar-refractivity contribution in [2.75, 3.05) is 30.9 Å². The van der Waals surface area contributed by atoms with Gasteiger partial charge in [0.15, 0.2) is 0 Å². The van der Waals surface area contributed by atoms with Crippen LogP contribution in [0.15, 0.2) is 47.4 Å². The maximum Gasteiger partial charge on any atom is 0.261 e. The van der Waals surface area contributed by atoms with E-state index in [4.69, 9.17) is 23.2 Å². The number of halogens is 2. The van der Waals surface area contributed by atoms with Crippen LogP contribution in [-0.4, -0.2) is 45.4 Å². The van der Waals surface area contributed by atoms with Gasteiger partial charge in [0.2, 0.25) is 5.91 Å². The summed E-state index contributed by atoms with van der Waals surface area (Å²) in [5.74, 6) is -0.0452. The molecule has 2 aromatic carbocycles. The number of carbonyl (C=O) groups is 1. The SMILES string of the molecule is O=C(Cc1ccc(NS(=O)(=O)c2ccc(Cl)c(Cl)c2)cc1)NCCN1CCCCC1. The molecule has 0 radical (unpaired) electrons. The molecule has 162 valence electrons. The van der Waals surface area contributed by atoms with Gasteiger partial charge >= 0.3 is 0 Å². The van der Waals surface area contributed by atoms with E-state index in [1.807, 2.05) is 0 Å². The second kappa shape index (κ2) is 10.5. The first kappa shape index (κ1) is 22.9. The third kappa shape index (κ3) is 6.60. The van der Waals surface area contributed by atoms with Crippen LogP contribution in [0, 0.1) is 0 Å². The average Bonchev–Trinajstić information content (AvgIpc) is 2.72. The minimum absolute atomic E-state index is 0.0223. The molecule has 1 amide bonds. The molecule has 0 atom stereocenters. The van der Waals surface area contributed by atoms with E-state index in [1.54, 1.807) is 24.3 Å². The van der Waals surface area contributed by atoms with Gasteiger partial charge in [0.05, 0.1) is 21.4 Å². The Kier molecular flexibility index (Phi) is 7.99. The maximum absolute atomic E-state index is 12.5. The van der Waals surface area contributed by atoms with Gasteiger partial charge in [-0.2, -0.15) is 0 Å². The van der Waals surface area contributed by atoms with E-state index in [-0.39, 0.29) is 27.3 Å². The predicted molar refractivity (Wildman–Crippen MR) is 121 cm³/mol. The van der Waals surface area contributed by atoms with E-state index in [9.17, 15) is 13.2 Å². The van der Waals surface area contributed by atoms with Gasteiger partial charge in [-0.05, 0) is 61.8 Å². The normalized spacial score (nSPS) is 15.0. The molecule has 2 aromatic rings. The lowest BCUT2D eigenvalue weighted by atomic mass is 10.1. The summed E-state index contributed by atoms with van der Waals surface area (Å²) in [4.78, 5) is 14.5. The Morgan fingerprint density at radius 3 is 2.33 bits per heavy atom. The van der Waals surface area contributed by atoms with Gasteiger partial charge < -0.3 is 10.2 Å². The van der Waals surface area contributed by atoms with Crippen LogP contribution in [0.5, 0.6) is 0 Å². The third-order valence-electron chi connectivity index (χ3n) is 4.97. The first-order chi connectivity index (χ1) is 14.3. The summed E-state index contributed by atoms with van der Waals surface area (Å²) in [7, 11) is -3.79. The fraction of sp³-hybridized carbons (Fsp3) is 0.381. The summed E-state index contributed by atoms with van der Waals surface area (Å²) < 4.78 is 27.5. The van der Waals surface area contributed by atoms with Crippen molar-refractivity contribution in [2.24, 2.45) is 0 Å². The van der Waals surface area contributed by atoms with Gasteiger partial charge in [0.1, 0.15) is 0 Å². The zero-order valence-corrected chi connectivity index (χ0v) is 18.9. The number of nitrogens with zero attached hydrogens (tertiary/aromatic N) is 1. The molecule has 0 spiro atoms. The minimum Gasteiger partial charge on any atom is -0.355 e. The van der Waals surface area contributed by atoms with E-state index in [0.29, 0.717) is 12.2 Å². The van der Waals surface area contributed by atoms with Crippen molar-refractivity contribution >= 4 is 44.8 Å². The van der Waals surface area contributed by atoms with Crippen LogP contribution in [0.2, 0.25) is 10.0 Å². The van der Waals surface area contributed by atoms with Crippen LogP contribution in [-0.2, 0) is 21.2 Å². The monoisotopic (exact) mass is 469 g/mol. The lowest BCUT2D eigenvalue weighted by Crippen LogP contribution is -2.38. The third-order valence-corrected chi connectivity index (χ3v) is 7.09. The number of carbonyl (C=O) groups excluding carboxylic acids is 1. The predicted octanol–water partition coefficient (Wildman–Crippen LogP) is 3.94. The van der Waals surface area contributed by atoms with Crippen molar-refractivity contribution in [3.05, 3.63) is 58.1 Å². The van der Waals surface area contributed by atoms with Crippen molar-refractivity contribution in [2.45, 2.75) is 30.6 Å². The first-order valence-corrected chi connectivity index (χ1v) is 12.1. The lowest BCUT2D eigenvalue weighted by Gasteiger charge is -2.26. The molecule has 1 heterocycles. The van der Waals surface area contributed by atoms with Crippen LogP contribution in [0.4, 0.5) is 5.69 Å². The zero-order valence-electron chi connectivity index (χ0n) is 16.5.